The van der Waals surface area contributed by atoms with Gasteiger partial charge in [-0.05, 0) is 44.5 Å². The Hall–Kier alpha value is -1.92. The van der Waals surface area contributed by atoms with E-state index in [9.17, 15) is 9.90 Å². The maximum atomic E-state index is 13.0. The Morgan fingerprint density at radius 2 is 2.29 bits per heavy atom. The first kappa shape index (κ1) is 15.6. The lowest BCUT2D eigenvalue weighted by Crippen LogP contribution is -2.59. The third-order valence-corrected chi connectivity index (χ3v) is 5.59. The van der Waals surface area contributed by atoms with Gasteiger partial charge in [-0.25, -0.2) is 4.98 Å². The van der Waals surface area contributed by atoms with Gasteiger partial charge in [-0.2, -0.15) is 0 Å². The first-order valence-electron chi connectivity index (χ1n) is 8.67. The van der Waals surface area contributed by atoms with Gasteiger partial charge in [0.25, 0.3) is 5.91 Å². The summed E-state index contributed by atoms with van der Waals surface area (Å²) in [5.41, 5.74) is 1.13. The highest BCUT2D eigenvalue weighted by Crippen LogP contribution is 2.38. The average Bonchev–Trinajstić information content (AvgIpc) is 3.02. The summed E-state index contributed by atoms with van der Waals surface area (Å²) in [4.78, 5) is 24.5. The molecule has 0 bridgehead atoms. The van der Waals surface area contributed by atoms with Crippen LogP contribution in [0.3, 0.4) is 0 Å². The number of piperidine rings is 2. The molecule has 4 heterocycles. The topological polar surface area (TPSA) is 72.5 Å². The SMILES string of the molecule is CN1CC[C@H](O)[C@@]2(CCCN(C(=O)c3cc4cccnc4[nH]3)C2)C1. The van der Waals surface area contributed by atoms with Crippen molar-refractivity contribution in [2.24, 2.45) is 5.41 Å². The molecule has 4 rings (SSSR count). The molecular formula is C18H24N4O2. The van der Waals surface area contributed by atoms with Crippen LogP contribution in [0.25, 0.3) is 11.0 Å². The molecule has 24 heavy (non-hydrogen) atoms. The number of aromatic nitrogens is 2. The first-order chi connectivity index (χ1) is 11.6. The zero-order valence-corrected chi connectivity index (χ0v) is 14.0. The van der Waals surface area contributed by atoms with Crippen LogP contribution in [0.1, 0.15) is 29.8 Å². The monoisotopic (exact) mass is 328 g/mol. The third-order valence-electron chi connectivity index (χ3n) is 5.59. The number of H-pyrrole nitrogens is 1. The Morgan fingerprint density at radius 3 is 3.12 bits per heavy atom. The summed E-state index contributed by atoms with van der Waals surface area (Å²) in [6.45, 7) is 3.15. The number of nitrogens with zero attached hydrogens (tertiary/aromatic N) is 3. The number of amides is 1. The number of carbonyl (C=O) groups is 1. The molecule has 0 saturated carbocycles. The minimum Gasteiger partial charge on any atom is -0.392 e. The molecule has 6 nitrogen and oxygen atoms in total. The molecule has 2 saturated heterocycles. The molecule has 128 valence electrons. The van der Waals surface area contributed by atoms with Crippen molar-refractivity contribution in [3.63, 3.8) is 0 Å². The zero-order valence-electron chi connectivity index (χ0n) is 14.0. The van der Waals surface area contributed by atoms with Crippen molar-refractivity contribution in [2.75, 3.05) is 33.2 Å². The number of aliphatic hydroxyl groups is 1. The van der Waals surface area contributed by atoms with E-state index in [1.54, 1.807) is 6.20 Å². The smallest absolute Gasteiger partial charge is 0.270 e. The summed E-state index contributed by atoms with van der Waals surface area (Å²) in [6.07, 6.45) is 4.10. The second-order valence-electron chi connectivity index (χ2n) is 7.36. The minimum absolute atomic E-state index is 0.00695. The van der Waals surface area contributed by atoms with Crippen LogP contribution in [0.5, 0.6) is 0 Å². The van der Waals surface area contributed by atoms with Crippen LogP contribution in [0, 0.1) is 5.41 Å². The molecule has 0 aliphatic carbocycles. The van der Waals surface area contributed by atoms with E-state index in [2.05, 4.69) is 21.9 Å². The van der Waals surface area contributed by atoms with E-state index in [0.29, 0.717) is 12.2 Å². The quantitative estimate of drug-likeness (QED) is 0.832. The zero-order chi connectivity index (χ0) is 16.7. The molecule has 6 heteroatoms. The Balaban J connectivity index is 1.58. The summed E-state index contributed by atoms with van der Waals surface area (Å²) in [5.74, 6) is 0.00695. The first-order valence-corrected chi connectivity index (χ1v) is 8.67. The molecule has 2 aromatic heterocycles. The van der Waals surface area contributed by atoms with Gasteiger partial charge in [0.15, 0.2) is 0 Å². The van der Waals surface area contributed by atoms with Gasteiger partial charge < -0.3 is 19.9 Å². The molecule has 2 aliphatic rings. The fourth-order valence-electron chi connectivity index (χ4n) is 4.35. The fraction of sp³-hybridized carbons (Fsp3) is 0.556. The van der Waals surface area contributed by atoms with Gasteiger partial charge in [-0.15, -0.1) is 0 Å². The number of aromatic amines is 1. The molecule has 2 atom stereocenters. The van der Waals surface area contributed by atoms with E-state index in [0.717, 1.165) is 49.9 Å². The Morgan fingerprint density at radius 1 is 1.42 bits per heavy atom. The predicted octanol–water partition coefficient (Wildman–Crippen LogP) is 1.48. The van der Waals surface area contributed by atoms with Crippen molar-refractivity contribution < 1.29 is 9.90 Å². The largest absolute Gasteiger partial charge is 0.392 e. The van der Waals surface area contributed by atoms with Gasteiger partial charge >= 0.3 is 0 Å². The number of pyridine rings is 1. The fourth-order valence-corrected chi connectivity index (χ4v) is 4.35. The van der Waals surface area contributed by atoms with Crippen LogP contribution in [0.4, 0.5) is 0 Å². The maximum Gasteiger partial charge on any atom is 0.270 e. The second-order valence-corrected chi connectivity index (χ2v) is 7.36. The molecule has 2 fully saturated rings. The van der Waals surface area contributed by atoms with Crippen molar-refractivity contribution in [3.05, 3.63) is 30.1 Å². The lowest BCUT2D eigenvalue weighted by Gasteiger charge is -2.50. The highest BCUT2D eigenvalue weighted by molar-refractivity contribution is 5.97. The van der Waals surface area contributed by atoms with Crippen molar-refractivity contribution >= 4 is 16.9 Å². The number of likely N-dealkylation sites (tertiary alicyclic amines) is 2. The van der Waals surface area contributed by atoms with Crippen LogP contribution >= 0.6 is 0 Å². The van der Waals surface area contributed by atoms with Gasteiger partial charge in [0.1, 0.15) is 11.3 Å². The van der Waals surface area contributed by atoms with Gasteiger partial charge in [0.2, 0.25) is 0 Å². The second kappa shape index (κ2) is 5.86. The molecule has 2 N–H and O–H groups in total. The summed E-state index contributed by atoms with van der Waals surface area (Å²) in [6, 6.07) is 5.69. The normalized spacial score (nSPS) is 28.6. The van der Waals surface area contributed by atoms with E-state index in [-0.39, 0.29) is 17.4 Å². The van der Waals surface area contributed by atoms with Crippen molar-refractivity contribution in [3.8, 4) is 0 Å². The summed E-state index contributed by atoms with van der Waals surface area (Å²) < 4.78 is 0. The van der Waals surface area contributed by atoms with Crippen LogP contribution in [0.2, 0.25) is 0 Å². The van der Waals surface area contributed by atoms with Crippen molar-refractivity contribution in [2.45, 2.75) is 25.4 Å². The number of carbonyl (C=O) groups excluding carboxylic acids is 1. The highest BCUT2D eigenvalue weighted by Gasteiger charge is 2.45. The number of nitrogens with one attached hydrogen (secondary N) is 1. The van der Waals surface area contributed by atoms with Crippen LogP contribution in [-0.4, -0.2) is 70.1 Å². The van der Waals surface area contributed by atoms with E-state index in [1.165, 1.54) is 0 Å². The summed E-state index contributed by atoms with van der Waals surface area (Å²) >= 11 is 0. The highest BCUT2D eigenvalue weighted by atomic mass is 16.3. The third kappa shape index (κ3) is 2.59. The molecule has 1 spiro atoms. The Kier molecular flexibility index (Phi) is 3.81. The van der Waals surface area contributed by atoms with Gasteiger partial charge in [0, 0.05) is 43.2 Å². The number of hydrogen-bond acceptors (Lipinski definition) is 4. The Labute approximate surface area is 141 Å². The summed E-state index contributed by atoms with van der Waals surface area (Å²) in [7, 11) is 2.10. The van der Waals surface area contributed by atoms with Crippen LogP contribution in [0.15, 0.2) is 24.4 Å². The number of hydrogen-bond donors (Lipinski definition) is 2. The standard InChI is InChI=1S/C18H24N4O2/c1-21-9-5-15(23)18(11-21)6-3-8-22(12-18)17(24)14-10-13-4-2-7-19-16(13)20-14/h2,4,7,10,15,23H,3,5-6,8-9,11-12H2,1H3,(H,19,20)/t15-,18-/m0/s1. The summed E-state index contributed by atoms with van der Waals surface area (Å²) in [5, 5.41) is 11.6. The van der Waals surface area contributed by atoms with E-state index < -0.39 is 0 Å². The van der Waals surface area contributed by atoms with Gasteiger partial charge in [-0.3, -0.25) is 4.79 Å². The molecule has 1 amide bonds. The number of rotatable bonds is 1. The van der Waals surface area contributed by atoms with E-state index in [4.69, 9.17) is 0 Å². The van der Waals surface area contributed by atoms with Crippen molar-refractivity contribution in [1.29, 1.82) is 0 Å². The molecule has 0 aromatic carbocycles. The molecule has 0 radical (unpaired) electrons. The molecular weight excluding hydrogens is 304 g/mol. The predicted molar refractivity (Wildman–Crippen MR) is 91.8 cm³/mol. The molecule has 0 unspecified atom stereocenters. The average molecular weight is 328 g/mol. The minimum atomic E-state index is -0.325. The molecule has 2 aliphatic heterocycles. The van der Waals surface area contributed by atoms with Gasteiger partial charge in [-0.1, -0.05) is 0 Å². The molecule has 2 aromatic rings. The lowest BCUT2D eigenvalue weighted by atomic mass is 9.71. The number of aliphatic hydroxyl groups excluding tert-OH is 1. The van der Waals surface area contributed by atoms with Crippen molar-refractivity contribution in [1.82, 2.24) is 19.8 Å². The van der Waals surface area contributed by atoms with E-state index >= 15 is 0 Å². The number of fused-ring (bicyclic) bond motifs is 1. The van der Waals surface area contributed by atoms with Crippen LogP contribution < -0.4 is 0 Å². The van der Waals surface area contributed by atoms with E-state index in [1.807, 2.05) is 23.1 Å². The lowest BCUT2D eigenvalue weighted by molar-refractivity contribution is -0.0731. The van der Waals surface area contributed by atoms with Crippen LogP contribution in [-0.2, 0) is 0 Å². The Bertz CT molecular complexity index is 725. The van der Waals surface area contributed by atoms with Gasteiger partial charge in [0.05, 0.1) is 6.10 Å². The maximum absolute atomic E-state index is 13.0.